The number of aromatic nitrogens is 9. The fourth-order valence-electron chi connectivity index (χ4n) is 21.4. The van der Waals surface area contributed by atoms with Crippen LogP contribution in [0.25, 0.3) is 270 Å². The first-order valence-corrected chi connectivity index (χ1v) is 48.3. The van der Waals surface area contributed by atoms with E-state index in [9.17, 15) is 5.26 Å². The molecule has 6 heterocycles. The molecule has 0 fully saturated rings. The van der Waals surface area contributed by atoms with Crippen LogP contribution in [-0.2, 0) is 0 Å². The van der Waals surface area contributed by atoms with Crippen LogP contribution in [0.4, 0.5) is 0 Å². The van der Waals surface area contributed by atoms with E-state index in [1.54, 1.807) is 0 Å². The molecule has 29 rings (SSSR count). The van der Waals surface area contributed by atoms with E-state index in [2.05, 4.69) is 493 Å². The van der Waals surface area contributed by atoms with Gasteiger partial charge in [0, 0.05) is 65.2 Å². The molecule has 0 aliphatic carbocycles. The molecule has 0 atom stereocenters. The van der Waals surface area contributed by atoms with E-state index in [0.717, 1.165) is 138 Å². The van der Waals surface area contributed by atoms with E-state index in [4.69, 9.17) is 29.9 Å². The monoisotopic (exact) mass is 1820 g/mol. The van der Waals surface area contributed by atoms with Crippen LogP contribution >= 0.6 is 0 Å². The molecule has 0 amide bonds. The highest BCUT2D eigenvalue weighted by molar-refractivity contribution is 6.18. The minimum Gasteiger partial charge on any atom is -0.278 e. The van der Waals surface area contributed by atoms with Gasteiger partial charge in [0.1, 0.15) is 0 Å². The standard InChI is InChI=1S/C47H28N4.C46H29N3.C40H25N3/c48-29-30-16-18-31(19-17-30)37-24-25-41-43(27-37)49-47(51-44-15-6-5-13-40(44)42-26-35-9-1-2-10-36(35)28-45(42)51)50-46(41)34-22-20-33(21-23-34)39-14-7-11-32-8-3-4-12-38(32)39;1-2-10-30(11-3-1)38-24-25-40-42(28-38)47-46(49-43-17-9-8-16-39(43)41-27-35-14-6-7-15-36(35)29-44(41)49)48-45(40)33-21-18-32(19-22-33)37-23-20-31-12-4-5-13-34(31)26-37;1-2-11-26(12-3-1)30-21-22-34-36(24-30)41-40(42-39(34)33-19-10-16-27-13-6-7-17-31(27)33)43-37-20-9-8-18-32(37)35-23-28-14-4-5-15-29(28)25-38(35)43/h1-28H;1-29H;1-25H. The van der Waals surface area contributed by atoms with Gasteiger partial charge in [0.05, 0.1) is 78.4 Å². The van der Waals surface area contributed by atoms with E-state index in [1.807, 2.05) is 24.3 Å². The van der Waals surface area contributed by atoms with Crippen molar-refractivity contribution in [2.75, 3.05) is 0 Å². The molecule has 0 aliphatic rings. The van der Waals surface area contributed by atoms with Crippen LogP contribution in [0.1, 0.15) is 5.56 Å². The first-order valence-electron chi connectivity index (χ1n) is 48.3. The molecule has 664 valence electrons. The smallest absolute Gasteiger partial charge is 0.235 e. The summed E-state index contributed by atoms with van der Waals surface area (Å²) in [6, 6.07) is 178. The molecule has 0 unspecified atom stereocenters. The highest BCUT2D eigenvalue weighted by atomic mass is 15.2. The van der Waals surface area contributed by atoms with Crippen LogP contribution in [0, 0.1) is 11.3 Å². The Bertz CT molecular complexity index is 10200. The van der Waals surface area contributed by atoms with Crippen LogP contribution in [0.15, 0.2) is 497 Å². The Morgan fingerprint density at radius 1 is 0.154 bits per heavy atom. The molecule has 0 saturated heterocycles. The predicted octanol–water partition coefficient (Wildman–Crippen LogP) is 34.3. The zero-order chi connectivity index (χ0) is 94.5. The molecule has 0 saturated carbocycles. The van der Waals surface area contributed by atoms with E-state index < -0.39 is 0 Å². The van der Waals surface area contributed by atoms with Crippen LogP contribution in [0.3, 0.4) is 0 Å². The van der Waals surface area contributed by atoms with Crippen LogP contribution in [-0.4, -0.2) is 43.6 Å². The average Bonchev–Trinajstić information content (AvgIpc) is 1.58. The zero-order valence-corrected chi connectivity index (χ0v) is 77.3. The second-order valence-corrected chi connectivity index (χ2v) is 36.7. The SMILES string of the molecule is N#Cc1ccc(-c2ccc3c(-c4ccc(-c5cccc6ccccc56)cc4)nc(-n4c5ccccc5c5cc6ccccc6cc54)nc3c2)cc1.c1ccc(-c2ccc3c(-c4ccc(-c5ccc6ccccc6c5)cc4)nc(-n4c5ccccc5c5cc6ccccc6cc54)nc3c2)cc1.c1ccc(-c2ccc3c(-c4cccc5ccccc45)nc(-n4c5ccccc5c5cc6ccccc6cc54)nc3c2)cc1. The van der Waals surface area contributed by atoms with Crippen LogP contribution < -0.4 is 0 Å². The quantitative estimate of drug-likeness (QED) is 0.127. The number of para-hydroxylation sites is 3. The second-order valence-electron chi connectivity index (χ2n) is 36.7. The maximum absolute atomic E-state index is 9.37. The summed E-state index contributed by atoms with van der Waals surface area (Å²) in [5, 5.41) is 34.0. The number of fused-ring (bicyclic) bond motifs is 18. The largest absolute Gasteiger partial charge is 0.278 e. The molecule has 10 nitrogen and oxygen atoms in total. The number of rotatable bonds is 11. The lowest BCUT2D eigenvalue weighted by Crippen LogP contribution is -2.04. The Labute approximate surface area is 822 Å². The second kappa shape index (κ2) is 34.7. The lowest BCUT2D eigenvalue weighted by molar-refractivity contribution is 1.01. The van der Waals surface area contributed by atoms with Gasteiger partial charge in [0.15, 0.2) is 0 Å². The number of benzene rings is 23. The molecule has 0 aliphatic heterocycles. The summed E-state index contributed by atoms with van der Waals surface area (Å²) in [5.74, 6) is 1.95. The Morgan fingerprint density at radius 3 is 0.846 bits per heavy atom. The molecular weight excluding hydrogens is 1740 g/mol. The van der Waals surface area contributed by atoms with E-state index in [-0.39, 0.29) is 0 Å². The van der Waals surface area contributed by atoms with Gasteiger partial charge in [-0.05, 0) is 229 Å². The van der Waals surface area contributed by atoms with E-state index in [0.29, 0.717) is 23.4 Å². The first kappa shape index (κ1) is 82.9. The molecule has 6 aromatic heterocycles. The van der Waals surface area contributed by atoms with Gasteiger partial charge in [-0.25, -0.2) is 29.9 Å². The summed E-state index contributed by atoms with van der Waals surface area (Å²) in [6.45, 7) is 0. The number of nitriles is 1. The summed E-state index contributed by atoms with van der Waals surface area (Å²) < 4.78 is 6.68. The maximum Gasteiger partial charge on any atom is 0.235 e. The van der Waals surface area contributed by atoms with Crippen LogP contribution in [0.5, 0.6) is 0 Å². The van der Waals surface area contributed by atoms with Crippen molar-refractivity contribution in [2.45, 2.75) is 0 Å². The van der Waals surface area contributed by atoms with Gasteiger partial charge in [0.2, 0.25) is 17.8 Å². The lowest BCUT2D eigenvalue weighted by atomic mass is 9.96. The van der Waals surface area contributed by atoms with Crippen molar-refractivity contribution in [3.8, 4) is 113 Å². The van der Waals surface area contributed by atoms with Gasteiger partial charge in [0.25, 0.3) is 0 Å². The van der Waals surface area contributed by atoms with Gasteiger partial charge in [-0.3, -0.25) is 13.7 Å². The molecule has 23 aromatic carbocycles. The fourth-order valence-corrected chi connectivity index (χ4v) is 21.4. The molecule has 10 heteroatoms. The first-order chi connectivity index (χ1) is 70.8. The molecule has 0 bridgehead atoms. The Morgan fingerprint density at radius 2 is 0.434 bits per heavy atom. The van der Waals surface area contributed by atoms with Crippen molar-refractivity contribution >= 4 is 163 Å². The van der Waals surface area contributed by atoms with Crippen LogP contribution in [0.2, 0.25) is 0 Å². The Kier molecular flexibility index (Phi) is 20.1. The normalized spacial score (nSPS) is 11.6. The van der Waals surface area contributed by atoms with Gasteiger partial charge >= 0.3 is 0 Å². The molecule has 29 aromatic rings. The van der Waals surface area contributed by atoms with Crippen molar-refractivity contribution in [3.63, 3.8) is 0 Å². The lowest BCUT2D eigenvalue weighted by Gasteiger charge is -2.14. The van der Waals surface area contributed by atoms with Gasteiger partial charge in [-0.1, -0.05) is 388 Å². The fraction of sp³-hybridized carbons (Fsp3) is 0. The van der Waals surface area contributed by atoms with E-state index >= 15 is 0 Å². The summed E-state index contributed by atoms with van der Waals surface area (Å²) in [7, 11) is 0. The van der Waals surface area contributed by atoms with Gasteiger partial charge in [-0.2, -0.15) is 5.26 Å². The predicted molar refractivity (Wildman–Crippen MR) is 595 cm³/mol. The highest BCUT2D eigenvalue weighted by Gasteiger charge is 2.25. The van der Waals surface area contributed by atoms with Crippen molar-refractivity contribution in [3.05, 3.63) is 503 Å². The van der Waals surface area contributed by atoms with Gasteiger partial charge < -0.3 is 0 Å². The molecule has 0 spiro atoms. The highest BCUT2D eigenvalue weighted by Crippen LogP contribution is 2.45. The van der Waals surface area contributed by atoms with E-state index in [1.165, 1.54) is 114 Å². The summed E-state index contributed by atoms with van der Waals surface area (Å²) in [5.41, 5.74) is 27.1. The van der Waals surface area contributed by atoms with Crippen molar-refractivity contribution in [1.29, 1.82) is 5.26 Å². The maximum atomic E-state index is 9.37. The number of hydrogen-bond acceptors (Lipinski definition) is 7. The van der Waals surface area contributed by atoms with Gasteiger partial charge in [-0.15, -0.1) is 0 Å². The van der Waals surface area contributed by atoms with Crippen molar-refractivity contribution in [1.82, 2.24) is 43.6 Å². The topological polar surface area (TPSA) is 116 Å². The zero-order valence-electron chi connectivity index (χ0n) is 77.3. The molecular formula is C133H82N10. The number of hydrogen-bond donors (Lipinski definition) is 0. The minimum atomic E-state index is 0.620. The third-order valence-electron chi connectivity index (χ3n) is 28.4. The Balaban J connectivity index is 0.000000107. The molecule has 143 heavy (non-hydrogen) atoms. The summed E-state index contributed by atoms with van der Waals surface area (Å²) >= 11 is 0. The summed E-state index contributed by atoms with van der Waals surface area (Å²) in [4.78, 5) is 32.1. The van der Waals surface area contributed by atoms with Crippen molar-refractivity contribution in [2.24, 2.45) is 0 Å². The third kappa shape index (κ3) is 14.7. The Hall–Kier alpha value is -19.5. The minimum absolute atomic E-state index is 0.620. The third-order valence-corrected chi connectivity index (χ3v) is 28.4. The summed E-state index contributed by atoms with van der Waals surface area (Å²) in [6.07, 6.45) is 0. The number of nitrogens with zero attached hydrogens (tertiary/aromatic N) is 10. The average molecular weight is 1820 g/mol. The molecule has 0 N–H and O–H groups in total. The molecule has 0 radical (unpaired) electrons. The van der Waals surface area contributed by atoms with Crippen molar-refractivity contribution < 1.29 is 0 Å².